The van der Waals surface area contributed by atoms with Gasteiger partial charge in [0.25, 0.3) is 0 Å². The van der Waals surface area contributed by atoms with Crippen molar-refractivity contribution in [2.75, 3.05) is 4.90 Å². The van der Waals surface area contributed by atoms with Crippen LogP contribution in [0.2, 0.25) is 0 Å². The molecule has 1 saturated carbocycles. The fraction of sp³-hybridized carbons (Fsp3) is 0.412. The molecule has 1 aliphatic carbocycles. The summed E-state index contributed by atoms with van der Waals surface area (Å²) in [4.78, 5) is 26.4. The summed E-state index contributed by atoms with van der Waals surface area (Å²) in [6, 6.07) is 7.08. The summed E-state index contributed by atoms with van der Waals surface area (Å²) in [6.45, 7) is 2.12. The Morgan fingerprint density at radius 2 is 1.90 bits per heavy atom. The van der Waals surface area contributed by atoms with Gasteiger partial charge in [0.2, 0.25) is 11.8 Å². The zero-order chi connectivity index (χ0) is 14.3. The van der Waals surface area contributed by atoms with Gasteiger partial charge in [-0.05, 0) is 37.0 Å². The highest BCUT2D eigenvalue weighted by Gasteiger charge is 2.52. The maximum atomic E-state index is 12.5. The van der Waals surface area contributed by atoms with E-state index in [9.17, 15) is 9.59 Å². The Labute approximate surface area is 119 Å². The molecule has 0 bridgehead atoms. The second-order valence-electron chi connectivity index (χ2n) is 5.67. The summed E-state index contributed by atoms with van der Waals surface area (Å²) in [7, 11) is 0. The summed E-state index contributed by atoms with van der Waals surface area (Å²) in [5.74, 6) is 2.70. The molecule has 1 heterocycles. The molecule has 102 valence electrons. The highest BCUT2D eigenvalue weighted by atomic mass is 16.2. The molecule has 1 saturated heterocycles. The van der Waals surface area contributed by atoms with Gasteiger partial charge in [0, 0.05) is 5.56 Å². The van der Waals surface area contributed by atoms with Gasteiger partial charge >= 0.3 is 0 Å². The van der Waals surface area contributed by atoms with Crippen molar-refractivity contribution in [1.82, 2.24) is 0 Å². The lowest BCUT2D eigenvalue weighted by atomic mass is 10.00. The van der Waals surface area contributed by atoms with Gasteiger partial charge < -0.3 is 0 Å². The van der Waals surface area contributed by atoms with Gasteiger partial charge in [-0.2, -0.15) is 0 Å². The van der Waals surface area contributed by atoms with Crippen molar-refractivity contribution in [1.29, 1.82) is 0 Å². The molecular formula is C17H17NO2. The lowest BCUT2D eigenvalue weighted by molar-refractivity contribution is -0.123. The Balaban J connectivity index is 1.92. The van der Waals surface area contributed by atoms with Crippen LogP contribution in [-0.4, -0.2) is 11.8 Å². The number of rotatable bonds is 2. The zero-order valence-corrected chi connectivity index (χ0v) is 11.5. The average Bonchev–Trinajstić information content (AvgIpc) is 3.00. The number of carbonyl (C=O) groups is 2. The van der Waals surface area contributed by atoms with Gasteiger partial charge in [0.15, 0.2) is 0 Å². The van der Waals surface area contributed by atoms with Crippen molar-refractivity contribution in [2.45, 2.75) is 26.2 Å². The van der Waals surface area contributed by atoms with Crippen LogP contribution in [0.3, 0.4) is 0 Å². The summed E-state index contributed by atoms with van der Waals surface area (Å²) in [5, 5.41) is 0. The molecule has 2 aliphatic rings. The number of hydrogen-bond donors (Lipinski definition) is 0. The molecule has 3 nitrogen and oxygen atoms in total. The number of terminal acetylenes is 1. The number of anilines is 1. The first-order valence-corrected chi connectivity index (χ1v) is 7.10. The largest absolute Gasteiger partial charge is 0.274 e. The minimum Gasteiger partial charge on any atom is -0.274 e. The molecule has 2 unspecified atom stereocenters. The number of fused-ring (bicyclic) bond motifs is 1. The van der Waals surface area contributed by atoms with Gasteiger partial charge in [-0.15, -0.1) is 6.42 Å². The molecule has 2 fully saturated rings. The van der Waals surface area contributed by atoms with E-state index in [0.29, 0.717) is 17.2 Å². The predicted octanol–water partition coefficient (Wildman–Crippen LogP) is 2.59. The molecule has 0 N–H and O–H groups in total. The Bertz CT molecular complexity index is 590. The van der Waals surface area contributed by atoms with E-state index in [4.69, 9.17) is 6.42 Å². The first kappa shape index (κ1) is 12.9. The van der Waals surface area contributed by atoms with Crippen LogP contribution < -0.4 is 4.90 Å². The van der Waals surface area contributed by atoms with E-state index in [1.165, 1.54) is 4.90 Å². The second-order valence-corrected chi connectivity index (χ2v) is 5.67. The van der Waals surface area contributed by atoms with Crippen molar-refractivity contribution in [3.63, 3.8) is 0 Å². The zero-order valence-electron chi connectivity index (χ0n) is 11.5. The van der Waals surface area contributed by atoms with Crippen LogP contribution >= 0.6 is 0 Å². The first-order chi connectivity index (χ1) is 9.65. The van der Waals surface area contributed by atoms with Crippen molar-refractivity contribution in [3.8, 4) is 12.3 Å². The standard InChI is InChI=1S/C17H17NO2/c1-3-11-6-5-7-13(8-11)18-16(19)14-9-12(4-2)10-15(14)17(18)20/h1,5-8,12,14-15H,4,9-10H2,2H3. The van der Waals surface area contributed by atoms with Crippen LogP contribution in [0, 0.1) is 30.1 Å². The molecule has 1 aliphatic heterocycles. The third-order valence-corrected chi connectivity index (χ3v) is 4.58. The minimum absolute atomic E-state index is 0.0508. The van der Waals surface area contributed by atoms with E-state index in [1.807, 2.05) is 0 Å². The third kappa shape index (κ3) is 1.84. The number of carbonyl (C=O) groups excluding carboxylic acids is 2. The molecule has 0 radical (unpaired) electrons. The van der Waals surface area contributed by atoms with E-state index in [1.54, 1.807) is 24.3 Å². The molecular weight excluding hydrogens is 250 g/mol. The summed E-state index contributed by atoms with van der Waals surface area (Å²) >= 11 is 0. The fourth-order valence-corrected chi connectivity index (χ4v) is 3.45. The molecule has 1 aromatic carbocycles. The Morgan fingerprint density at radius 3 is 2.45 bits per heavy atom. The summed E-state index contributed by atoms with van der Waals surface area (Å²) < 4.78 is 0. The van der Waals surface area contributed by atoms with Gasteiger partial charge in [0.1, 0.15) is 0 Å². The highest BCUT2D eigenvalue weighted by molar-refractivity contribution is 6.22. The van der Waals surface area contributed by atoms with E-state index in [2.05, 4.69) is 12.8 Å². The van der Waals surface area contributed by atoms with Crippen LogP contribution in [0.15, 0.2) is 24.3 Å². The lowest BCUT2D eigenvalue weighted by Crippen LogP contribution is -2.32. The number of benzene rings is 1. The number of amides is 2. The summed E-state index contributed by atoms with van der Waals surface area (Å²) in [5.41, 5.74) is 1.30. The monoisotopic (exact) mass is 267 g/mol. The van der Waals surface area contributed by atoms with Crippen molar-refractivity contribution < 1.29 is 9.59 Å². The van der Waals surface area contributed by atoms with Crippen LogP contribution in [0.25, 0.3) is 0 Å². The van der Waals surface area contributed by atoms with E-state index in [-0.39, 0.29) is 23.7 Å². The average molecular weight is 267 g/mol. The van der Waals surface area contributed by atoms with Gasteiger partial charge in [-0.3, -0.25) is 14.5 Å². The summed E-state index contributed by atoms with van der Waals surface area (Å²) in [6.07, 6.45) is 8.11. The van der Waals surface area contributed by atoms with Crippen LogP contribution in [-0.2, 0) is 9.59 Å². The molecule has 1 aromatic rings. The van der Waals surface area contributed by atoms with Crippen LogP contribution in [0.5, 0.6) is 0 Å². The lowest BCUT2D eigenvalue weighted by Gasteiger charge is -2.17. The van der Waals surface area contributed by atoms with Gasteiger partial charge in [-0.25, -0.2) is 0 Å². The Morgan fingerprint density at radius 1 is 1.25 bits per heavy atom. The van der Waals surface area contributed by atoms with Gasteiger partial charge in [-0.1, -0.05) is 25.3 Å². The highest BCUT2D eigenvalue weighted by Crippen LogP contribution is 2.45. The third-order valence-electron chi connectivity index (χ3n) is 4.58. The SMILES string of the molecule is C#Cc1cccc(N2C(=O)C3CC(CC)CC3C2=O)c1. The normalized spacial score (nSPS) is 28.6. The maximum absolute atomic E-state index is 12.5. The molecule has 0 spiro atoms. The van der Waals surface area contributed by atoms with Crippen molar-refractivity contribution in [3.05, 3.63) is 29.8 Å². The molecule has 3 rings (SSSR count). The minimum atomic E-state index is -0.123. The number of hydrogen-bond acceptors (Lipinski definition) is 2. The molecule has 2 atom stereocenters. The van der Waals surface area contributed by atoms with Gasteiger partial charge in [0.05, 0.1) is 17.5 Å². The molecule has 2 amide bonds. The molecule has 20 heavy (non-hydrogen) atoms. The van der Waals surface area contributed by atoms with E-state index in [0.717, 1.165) is 19.3 Å². The number of nitrogens with zero attached hydrogens (tertiary/aromatic N) is 1. The van der Waals surface area contributed by atoms with Crippen LogP contribution in [0.4, 0.5) is 5.69 Å². The van der Waals surface area contributed by atoms with E-state index >= 15 is 0 Å². The topological polar surface area (TPSA) is 37.4 Å². The van der Waals surface area contributed by atoms with Crippen molar-refractivity contribution >= 4 is 17.5 Å². The van der Waals surface area contributed by atoms with E-state index < -0.39 is 0 Å². The quantitative estimate of drug-likeness (QED) is 0.610. The maximum Gasteiger partial charge on any atom is 0.237 e. The fourth-order valence-electron chi connectivity index (χ4n) is 3.45. The first-order valence-electron chi connectivity index (χ1n) is 7.10. The van der Waals surface area contributed by atoms with Crippen molar-refractivity contribution in [2.24, 2.45) is 17.8 Å². The predicted molar refractivity (Wildman–Crippen MR) is 76.9 cm³/mol. The number of imide groups is 1. The molecule has 3 heteroatoms. The Kier molecular flexibility index (Phi) is 3.10. The Hall–Kier alpha value is -2.08. The smallest absolute Gasteiger partial charge is 0.237 e. The second kappa shape index (κ2) is 4.79. The molecule has 0 aromatic heterocycles. The van der Waals surface area contributed by atoms with Crippen LogP contribution in [0.1, 0.15) is 31.7 Å².